The summed E-state index contributed by atoms with van der Waals surface area (Å²) in [5.41, 5.74) is 2.98. The summed E-state index contributed by atoms with van der Waals surface area (Å²) in [6.45, 7) is 5.57. The van der Waals surface area contributed by atoms with Crippen molar-refractivity contribution in [2.45, 2.75) is 31.8 Å². The van der Waals surface area contributed by atoms with Gasteiger partial charge in [0.05, 0.1) is 0 Å². The molecular weight excluding hydrogens is 322 g/mol. The van der Waals surface area contributed by atoms with Crippen molar-refractivity contribution in [2.75, 3.05) is 37.6 Å². The number of anilines is 1. The highest BCUT2D eigenvalue weighted by Crippen LogP contribution is 2.31. The Balaban J connectivity index is 1.44. The number of benzene rings is 1. The molecule has 1 aromatic carbocycles. The van der Waals surface area contributed by atoms with Crippen molar-refractivity contribution in [1.82, 2.24) is 9.88 Å². The first kappa shape index (κ1) is 17.5. The lowest BCUT2D eigenvalue weighted by Crippen LogP contribution is -2.48. The highest BCUT2D eigenvalue weighted by atomic mass is 16.3. The third-order valence-electron chi connectivity index (χ3n) is 5.94. The van der Waals surface area contributed by atoms with Gasteiger partial charge in [0.2, 0.25) is 0 Å². The number of aromatic nitrogens is 1. The van der Waals surface area contributed by atoms with E-state index in [1.54, 1.807) is 12.4 Å². The molecule has 0 spiro atoms. The molecule has 0 unspecified atom stereocenters. The molecule has 26 heavy (non-hydrogen) atoms. The summed E-state index contributed by atoms with van der Waals surface area (Å²) in [5.74, 6) is 0.918. The fraction of sp³-hybridized carbons (Fsp3) is 0.500. The number of hydrogen-bond donors (Lipinski definition) is 1. The van der Waals surface area contributed by atoms with Gasteiger partial charge < -0.3 is 10.0 Å². The zero-order valence-corrected chi connectivity index (χ0v) is 15.4. The van der Waals surface area contributed by atoms with Crippen LogP contribution in [0.1, 0.15) is 42.9 Å². The molecule has 2 aliphatic rings. The molecule has 138 valence electrons. The predicted molar refractivity (Wildman–Crippen MR) is 105 cm³/mol. The molecule has 4 rings (SSSR count). The van der Waals surface area contributed by atoms with Crippen molar-refractivity contribution >= 4 is 5.69 Å². The van der Waals surface area contributed by atoms with Gasteiger partial charge in [-0.15, -0.1) is 0 Å². The normalized spacial score (nSPS) is 20.4. The molecule has 2 fully saturated rings. The molecular formula is C22H29N3O. The van der Waals surface area contributed by atoms with Crippen LogP contribution in [0.3, 0.4) is 0 Å². The largest absolute Gasteiger partial charge is 0.384 e. The van der Waals surface area contributed by atoms with Crippen molar-refractivity contribution in [3.63, 3.8) is 0 Å². The first-order chi connectivity index (χ1) is 12.8. The van der Waals surface area contributed by atoms with Gasteiger partial charge in [-0.05, 0) is 30.9 Å². The molecule has 4 heteroatoms. The highest BCUT2D eigenvalue weighted by Gasteiger charge is 2.24. The molecule has 1 atom stereocenters. The maximum atomic E-state index is 10.9. The molecule has 0 bridgehead atoms. The number of aliphatic hydroxyl groups is 1. The van der Waals surface area contributed by atoms with E-state index in [1.807, 2.05) is 24.3 Å². The maximum absolute atomic E-state index is 10.9. The average Bonchev–Trinajstić information content (AvgIpc) is 3.22. The van der Waals surface area contributed by atoms with Gasteiger partial charge in [-0.25, -0.2) is 0 Å². The van der Waals surface area contributed by atoms with Gasteiger partial charge in [0.25, 0.3) is 0 Å². The number of aliphatic hydroxyl groups excluding tert-OH is 1. The summed E-state index contributed by atoms with van der Waals surface area (Å²) in [6, 6.07) is 12.1. The first-order valence-electron chi connectivity index (χ1n) is 9.95. The summed E-state index contributed by atoms with van der Waals surface area (Å²) >= 11 is 0. The predicted octanol–water partition coefficient (Wildman–Crippen LogP) is 3.48. The fourth-order valence-electron chi connectivity index (χ4n) is 4.45. The smallest absolute Gasteiger partial charge is 0.108 e. The highest BCUT2D eigenvalue weighted by molar-refractivity contribution is 5.56. The van der Waals surface area contributed by atoms with Crippen LogP contribution in [0.2, 0.25) is 0 Å². The van der Waals surface area contributed by atoms with Crippen molar-refractivity contribution in [2.24, 2.45) is 5.92 Å². The third-order valence-corrected chi connectivity index (χ3v) is 5.94. The average molecular weight is 351 g/mol. The Morgan fingerprint density at radius 2 is 1.77 bits per heavy atom. The summed E-state index contributed by atoms with van der Waals surface area (Å²) < 4.78 is 0. The van der Waals surface area contributed by atoms with Crippen LogP contribution in [-0.2, 0) is 0 Å². The van der Waals surface area contributed by atoms with E-state index in [0.29, 0.717) is 0 Å². The summed E-state index contributed by atoms with van der Waals surface area (Å²) in [6.07, 6.45) is 8.54. The number of rotatable bonds is 5. The zero-order valence-electron chi connectivity index (χ0n) is 15.4. The van der Waals surface area contributed by atoms with Crippen LogP contribution in [-0.4, -0.2) is 47.7 Å². The number of hydrogen-bond acceptors (Lipinski definition) is 4. The Kier molecular flexibility index (Phi) is 5.51. The molecule has 2 aromatic rings. The molecule has 0 amide bonds. The Bertz CT molecular complexity index is 692. The zero-order chi connectivity index (χ0) is 17.8. The van der Waals surface area contributed by atoms with E-state index in [0.717, 1.165) is 48.9 Å². The van der Waals surface area contributed by atoms with Crippen molar-refractivity contribution < 1.29 is 5.11 Å². The van der Waals surface area contributed by atoms with E-state index >= 15 is 0 Å². The summed E-state index contributed by atoms with van der Waals surface area (Å²) in [7, 11) is 0. The number of nitrogens with zero attached hydrogens (tertiary/aromatic N) is 3. The Hall–Kier alpha value is -1.91. The summed E-state index contributed by atoms with van der Waals surface area (Å²) in [4.78, 5) is 9.21. The van der Waals surface area contributed by atoms with Crippen LogP contribution in [0.5, 0.6) is 0 Å². The SMILES string of the molecule is O[C@H](c1cccnc1)c1ccccc1N1CCN(CC2CCCC2)CC1. The van der Waals surface area contributed by atoms with Gasteiger partial charge >= 0.3 is 0 Å². The van der Waals surface area contributed by atoms with E-state index in [2.05, 4.69) is 26.9 Å². The third kappa shape index (κ3) is 3.92. The molecule has 1 aliphatic carbocycles. The molecule has 1 saturated carbocycles. The molecule has 0 radical (unpaired) electrons. The molecule has 1 N–H and O–H groups in total. The van der Waals surface area contributed by atoms with E-state index in [-0.39, 0.29) is 0 Å². The van der Waals surface area contributed by atoms with Gasteiger partial charge in [0.1, 0.15) is 6.10 Å². The quantitative estimate of drug-likeness (QED) is 0.895. The second-order valence-electron chi connectivity index (χ2n) is 7.69. The molecule has 1 aliphatic heterocycles. The minimum atomic E-state index is -0.628. The minimum Gasteiger partial charge on any atom is -0.384 e. The fourth-order valence-corrected chi connectivity index (χ4v) is 4.45. The maximum Gasteiger partial charge on any atom is 0.108 e. The monoisotopic (exact) mass is 351 g/mol. The number of piperazine rings is 1. The molecule has 4 nitrogen and oxygen atoms in total. The second kappa shape index (κ2) is 8.19. The van der Waals surface area contributed by atoms with E-state index in [9.17, 15) is 5.11 Å². The number of para-hydroxylation sites is 1. The summed E-state index contributed by atoms with van der Waals surface area (Å²) in [5, 5.41) is 10.9. The lowest BCUT2D eigenvalue weighted by molar-refractivity contribution is 0.213. The van der Waals surface area contributed by atoms with Crippen molar-refractivity contribution in [1.29, 1.82) is 0 Å². The molecule has 2 heterocycles. The van der Waals surface area contributed by atoms with Crippen LogP contribution in [0.4, 0.5) is 5.69 Å². The standard InChI is InChI=1S/C22H29N3O/c26-22(19-8-5-11-23-16-19)20-9-3-4-10-21(20)25-14-12-24(13-15-25)17-18-6-1-2-7-18/h3-5,8-11,16,18,22,26H,1-2,6-7,12-15,17H2/t22-/m1/s1. The van der Waals surface area contributed by atoms with E-state index in [1.165, 1.54) is 32.2 Å². The number of pyridine rings is 1. The van der Waals surface area contributed by atoms with Crippen LogP contribution in [0.25, 0.3) is 0 Å². The molecule has 1 saturated heterocycles. The van der Waals surface area contributed by atoms with Gasteiger partial charge in [-0.1, -0.05) is 37.1 Å². The van der Waals surface area contributed by atoms with Crippen LogP contribution >= 0.6 is 0 Å². The van der Waals surface area contributed by atoms with Crippen molar-refractivity contribution in [3.05, 3.63) is 59.9 Å². The topological polar surface area (TPSA) is 39.6 Å². The Morgan fingerprint density at radius 1 is 1.00 bits per heavy atom. The van der Waals surface area contributed by atoms with Crippen LogP contribution in [0.15, 0.2) is 48.8 Å². The van der Waals surface area contributed by atoms with Gasteiger partial charge in [-0.3, -0.25) is 9.88 Å². The van der Waals surface area contributed by atoms with E-state index < -0.39 is 6.10 Å². The van der Waals surface area contributed by atoms with E-state index in [4.69, 9.17) is 0 Å². The van der Waals surface area contributed by atoms with Gasteiger partial charge in [0.15, 0.2) is 0 Å². The first-order valence-corrected chi connectivity index (χ1v) is 9.95. The van der Waals surface area contributed by atoms with Crippen LogP contribution < -0.4 is 4.90 Å². The Labute approximate surface area is 156 Å². The van der Waals surface area contributed by atoms with Gasteiger partial charge in [0, 0.05) is 61.9 Å². The van der Waals surface area contributed by atoms with Crippen LogP contribution in [0, 0.1) is 5.92 Å². The lowest BCUT2D eigenvalue weighted by atomic mass is 10.00. The molecule has 1 aromatic heterocycles. The minimum absolute atomic E-state index is 0.628. The van der Waals surface area contributed by atoms with Crippen molar-refractivity contribution in [3.8, 4) is 0 Å². The second-order valence-corrected chi connectivity index (χ2v) is 7.69. The van der Waals surface area contributed by atoms with Gasteiger partial charge in [-0.2, -0.15) is 0 Å². The Morgan fingerprint density at radius 3 is 2.50 bits per heavy atom. The lowest BCUT2D eigenvalue weighted by Gasteiger charge is -2.38.